The molecule has 0 N–H and O–H groups in total. The Bertz CT molecular complexity index is 1170. The van der Waals surface area contributed by atoms with Gasteiger partial charge in [-0.1, -0.05) is 13.8 Å². The van der Waals surface area contributed by atoms with Crippen LogP contribution in [0.15, 0.2) is 53.7 Å². The van der Waals surface area contributed by atoms with E-state index < -0.39 is 9.84 Å². The SMILES string of the molecule is CC(C)CN1C(C)CC(Oc2ccc(-n3ccc4cc(S(C)(=O)=O)ccc43)nc2)CC1C. The average molecular weight is 456 g/mol. The van der Waals surface area contributed by atoms with Gasteiger partial charge in [-0.2, -0.15) is 0 Å². The van der Waals surface area contributed by atoms with Gasteiger partial charge in [0, 0.05) is 36.5 Å². The number of hydrogen-bond acceptors (Lipinski definition) is 5. The van der Waals surface area contributed by atoms with Gasteiger partial charge in [0.2, 0.25) is 0 Å². The van der Waals surface area contributed by atoms with E-state index in [0.717, 1.165) is 41.9 Å². The number of piperidine rings is 1. The maximum atomic E-state index is 11.8. The van der Waals surface area contributed by atoms with Crippen molar-refractivity contribution in [3.63, 3.8) is 0 Å². The second-order valence-electron chi connectivity index (χ2n) is 9.53. The van der Waals surface area contributed by atoms with Crippen molar-refractivity contribution in [1.82, 2.24) is 14.5 Å². The molecule has 1 aliphatic rings. The third-order valence-corrected chi connectivity index (χ3v) is 7.39. The maximum Gasteiger partial charge on any atom is 0.175 e. The molecular weight excluding hydrogens is 422 g/mol. The molecule has 7 heteroatoms. The Kier molecular flexibility index (Phi) is 6.32. The van der Waals surface area contributed by atoms with Gasteiger partial charge < -0.3 is 9.30 Å². The number of aromatic nitrogens is 2. The molecule has 3 heterocycles. The molecule has 1 aromatic carbocycles. The number of pyridine rings is 1. The topological polar surface area (TPSA) is 64.4 Å². The summed E-state index contributed by atoms with van der Waals surface area (Å²) in [7, 11) is -3.23. The first-order chi connectivity index (χ1) is 15.1. The van der Waals surface area contributed by atoms with Gasteiger partial charge in [-0.05, 0) is 69.0 Å². The van der Waals surface area contributed by atoms with Crippen LogP contribution in [0, 0.1) is 5.92 Å². The fourth-order valence-electron chi connectivity index (χ4n) is 4.77. The number of rotatable bonds is 6. The van der Waals surface area contributed by atoms with Crippen LogP contribution < -0.4 is 4.74 Å². The molecule has 4 rings (SSSR count). The van der Waals surface area contributed by atoms with Gasteiger partial charge in [-0.25, -0.2) is 13.4 Å². The van der Waals surface area contributed by atoms with Crippen LogP contribution in [-0.2, 0) is 9.84 Å². The highest BCUT2D eigenvalue weighted by Gasteiger charge is 2.32. The molecule has 0 amide bonds. The van der Waals surface area contributed by atoms with Crippen LogP contribution >= 0.6 is 0 Å². The summed E-state index contributed by atoms with van der Waals surface area (Å²) in [5, 5.41) is 0.867. The van der Waals surface area contributed by atoms with Crippen molar-refractivity contribution in [3.8, 4) is 11.6 Å². The molecule has 0 bridgehead atoms. The van der Waals surface area contributed by atoms with Crippen LogP contribution in [0.2, 0.25) is 0 Å². The molecule has 1 fully saturated rings. The van der Waals surface area contributed by atoms with Gasteiger partial charge in [-0.15, -0.1) is 0 Å². The molecule has 3 aromatic rings. The number of sulfone groups is 1. The lowest BCUT2D eigenvalue weighted by atomic mass is 9.93. The zero-order valence-electron chi connectivity index (χ0n) is 19.5. The van der Waals surface area contributed by atoms with Gasteiger partial charge in [0.15, 0.2) is 9.84 Å². The van der Waals surface area contributed by atoms with Crippen molar-refractivity contribution in [2.45, 2.75) is 63.6 Å². The highest BCUT2D eigenvalue weighted by atomic mass is 32.2. The second-order valence-corrected chi connectivity index (χ2v) is 11.5. The zero-order chi connectivity index (χ0) is 23.0. The summed E-state index contributed by atoms with van der Waals surface area (Å²) in [5.74, 6) is 2.22. The monoisotopic (exact) mass is 455 g/mol. The Morgan fingerprint density at radius 1 is 1.09 bits per heavy atom. The standard InChI is InChI=1S/C25H33N3O3S/c1-17(2)16-28-18(3)12-22(13-19(28)4)31-21-6-9-25(26-15-21)27-11-10-20-14-23(32(5,29)30)7-8-24(20)27/h6-11,14-15,17-19,22H,12-13,16H2,1-5H3. The number of ether oxygens (including phenoxy) is 1. The van der Waals surface area contributed by atoms with Crippen molar-refractivity contribution in [2.75, 3.05) is 12.8 Å². The summed E-state index contributed by atoms with van der Waals surface area (Å²) in [4.78, 5) is 7.53. The predicted octanol–water partition coefficient (Wildman–Crippen LogP) is 4.71. The molecule has 2 unspecified atom stereocenters. The van der Waals surface area contributed by atoms with Gasteiger partial charge in [0.1, 0.15) is 17.7 Å². The van der Waals surface area contributed by atoms with Gasteiger partial charge in [-0.3, -0.25) is 4.90 Å². The van der Waals surface area contributed by atoms with E-state index in [9.17, 15) is 8.42 Å². The van der Waals surface area contributed by atoms with Gasteiger partial charge >= 0.3 is 0 Å². The van der Waals surface area contributed by atoms with E-state index in [1.54, 1.807) is 18.3 Å². The largest absolute Gasteiger partial charge is 0.489 e. The van der Waals surface area contributed by atoms with Crippen molar-refractivity contribution >= 4 is 20.7 Å². The van der Waals surface area contributed by atoms with Crippen LogP contribution in [0.4, 0.5) is 0 Å². The fourth-order valence-corrected chi connectivity index (χ4v) is 5.42. The molecule has 6 nitrogen and oxygen atoms in total. The average Bonchev–Trinajstić information content (AvgIpc) is 3.14. The highest BCUT2D eigenvalue weighted by Crippen LogP contribution is 2.28. The quantitative estimate of drug-likeness (QED) is 0.539. The molecule has 172 valence electrons. The summed E-state index contributed by atoms with van der Waals surface area (Å²) in [6.45, 7) is 10.3. The lowest BCUT2D eigenvalue weighted by Gasteiger charge is -2.43. The third kappa shape index (κ3) is 4.84. The van der Waals surface area contributed by atoms with E-state index >= 15 is 0 Å². The number of hydrogen-bond donors (Lipinski definition) is 0. The zero-order valence-corrected chi connectivity index (χ0v) is 20.3. The van der Waals surface area contributed by atoms with Crippen LogP contribution in [-0.4, -0.2) is 53.9 Å². The van der Waals surface area contributed by atoms with Crippen molar-refractivity contribution in [1.29, 1.82) is 0 Å². The van der Waals surface area contributed by atoms with Crippen molar-refractivity contribution in [3.05, 3.63) is 48.8 Å². The Hall–Kier alpha value is -2.38. The molecule has 2 atom stereocenters. The van der Waals surface area contributed by atoms with Crippen molar-refractivity contribution in [2.24, 2.45) is 5.92 Å². The summed E-state index contributed by atoms with van der Waals surface area (Å²) in [6, 6.07) is 12.0. The molecule has 0 saturated carbocycles. The number of fused-ring (bicyclic) bond motifs is 1. The molecular formula is C25H33N3O3S. The van der Waals surface area contributed by atoms with Crippen LogP contribution in [0.5, 0.6) is 5.75 Å². The minimum atomic E-state index is -3.23. The molecule has 32 heavy (non-hydrogen) atoms. The first-order valence-corrected chi connectivity index (χ1v) is 13.2. The smallest absolute Gasteiger partial charge is 0.175 e. The lowest BCUT2D eigenvalue weighted by Crippen LogP contribution is -2.50. The first-order valence-electron chi connectivity index (χ1n) is 11.3. The summed E-state index contributed by atoms with van der Waals surface area (Å²) in [5.41, 5.74) is 0.916. The molecule has 2 aromatic heterocycles. The van der Waals surface area contributed by atoms with E-state index in [1.165, 1.54) is 6.26 Å². The van der Waals surface area contributed by atoms with E-state index in [2.05, 4.69) is 37.6 Å². The summed E-state index contributed by atoms with van der Waals surface area (Å²) >= 11 is 0. The second kappa shape index (κ2) is 8.87. The Balaban J connectivity index is 1.47. The molecule has 0 spiro atoms. The van der Waals surface area contributed by atoms with E-state index in [-0.39, 0.29) is 6.10 Å². The Labute approximate surface area is 191 Å². The predicted molar refractivity (Wildman–Crippen MR) is 128 cm³/mol. The third-order valence-electron chi connectivity index (χ3n) is 6.28. The molecule has 0 radical (unpaired) electrons. The van der Waals surface area contributed by atoms with Gasteiger partial charge in [0.05, 0.1) is 16.6 Å². The minimum absolute atomic E-state index is 0.192. The molecule has 1 saturated heterocycles. The molecule has 1 aliphatic heterocycles. The molecule has 0 aliphatic carbocycles. The van der Waals surface area contributed by atoms with Crippen molar-refractivity contribution < 1.29 is 13.2 Å². The highest BCUT2D eigenvalue weighted by molar-refractivity contribution is 7.90. The van der Waals surface area contributed by atoms with E-state index in [0.29, 0.717) is 22.9 Å². The summed E-state index contributed by atoms with van der Waals surface area (Å²) in [6.07, 6.45) is 7.14. The fraction of sp³-hybridized carbons (Fsp3) is 0.480. The van der Waals surface area contributed by atoms with Crippen LogP contribution in [0.25, 0.3) is 16.7 Å². The van der Waals surface area contributed by atoms with E-state index in [1.807, 2.05) is 35.0 Å². The number of benzene rings is 1. The Morgan fingerprint density at radius 3 is 2.41 bits per heavy atom. The Morgan fingerprint density at radius 2 is 1.81 bits per heavy atom. The minimum Gasteiger partial charge on any atom is -0.489 e. The van der Waals surface area contributed by atoms with Crippen LogP contribution in [0.1, 0.15) is 40.5 Å². The maximum absolute atomic E-state index is 11.8. The van der Waals surface area contributed by atoms with E-state index in [4.69, 9.17) is 4.74 Å². The number of nitrogens with zero attached hydrogens (tertiary/aromatic N) is 3. The van der Waals surface area contributed by atoms with Crippen LogP contribution in [0.3, 0.4) is 0 Å². The lowest BCUT2D eigenvalue weighted by molar-refractivity contribution is 0.0188. The summed E-state index contributed by atoms with van der Waals surface area (Å²) < 4.78 is 31.9. The van der Waals surface area contributed by atoms with Gasteiger partial charge in [0.25, 0.3) is 0 Å². The first kappa shape index (κ1) is 22.8. The normalized spacial score (nSPS) is 22.5. The number of likely N-dealkylation sites (tertiary alicyclic amines) is 1.